The lowest BCUT2D eigenvalue weighted by Gasteiger charge is -2.18. The van der Waals surface area contributed by atoms with E-state index in [1.54, 1.807) is 0 Å². The van der Waals surface area contributed by atoms with Gasteiger partial charge in [-0.2, -0.15) is 0 Å². The third-order valence-electron chi connectivity index (χ3n) is 2.88. The number of sulfonamides is 1. The number of primary sulfonamides is 1. The summed E-state index contributed by atoms with van der Waals surface area (Å²) in [4.78, 5) is 12.7. The van der Waals surface area contributed by atoms with Crippen molar-refractivity contribution >= 4 is 21.6 Å². The zero-order chi connectivity index (χ0) is 14.2. The Hall–Kier alpha value is -1.54. The monoisotopic (exact) mass is 290 g/mol. The Morgan fingerprint density at radius 1 is 1.32 bits per heavy atom. The molecule has 5 nitrogen and oxygen atoms in total. The Balaban J connectivity index is 2.26. The molecule has 0 bridgehead atoms. The molecule has 1 aliphatic rings. The van der Waals surface area contributed by atoms with Gasteiger partial charge in [0.1, 0.15) is 17.3 Å². The number of carbonyl (C=O) groups is 1. The number of halogens is 2. The number of para-hydroxylation sites is 1. The van der Waals surface area contributed by atoms with Gasteiger partial charge >= 0.3 is 0 Å². The van der Waals surface area contributed by atoms with Crippen molar-refractivity contribution in [3.63, 3.8) is 0 Å². The lowest BCUT2D eigenvalue weighted by atomic mass is 10.1. The number of amides is 1. The first-order valence-electron chi connectivity index (χ1n) is 5.53. The first-order chi connectivity index (χ1) is 8.78. The first-order valence-corrected chi connectivity index (χ1v) is 7.24. The standard InChI is InChI=1S/C11H12F2N2O3S/c12-8-2-1-3-9(13)11(8)15-5-7(4-10(15)16)6-19(14,17)18/h1-3,7H,4-6H2,(H2,14,17,18). The average molecular weight is 290 g/mol. The number of anilines is 1. The van der Waals surface area contributed by atoms with Crippen molar-refractivity contribution in [2.45, 2.75) is 6.42 Å². The molecule has 1 aliphatic heterocycles. The predicted octanol–water partition coefficient (Wildman–Crippen LogP) is 0.606. The lowest BCUT2D eigenvalue weighted by molar-refractivity contribution is -0.117. The SMILES string of the molecule is NS(=O)(=O)CC1CC(=O)N(c2c(F)cccc2F)C1. The summed E-state index contributed by atoms with van der Waals surface area (Å²) in [6, 6.07) is 3.27. The second kappa shape index (κ2) is 4.86. The van der Waals surface area contributed by atoms with Crippen LogP contribution >= 0.6 is 0 Å². The second-order valence-electron chi connectivity index (χ2n) is 4.47. The average Bonchev–Trinajstić information content (AvgIpc) is 2.56. The summed E-state index contributed by atoms with van der Waals surface area (Å²) in [5.41, 5.74) is -0.440. The van der Waals surface area contributed by atoms with E-state index in [4.69, 9.17) is 5.14 Å². The Labute approximate surface area is 109 Å². The molecule has 1 aromatic carbocycles. The summed E-state index contributed by atoms with van der Waals surface area (Å²) in [6.45, 7) is -0.0624. The first kappa shape index (κ1) is 13.9. The minimum Gasteiger partial charge on any atom is -0.307 e. The van der Waals surface area contributed by atoms with Crippen molar-refractivity contribution in [3.05, 3.63) is 29.8 Å². The molecule has 1 amide bonds. The van der Waals surface area contributed by atoms with Crippen LogP contribution in [0, 0.1) is 17.6 Å². The summed E-state index contributed by atoms with van der Waals surface area (Å²) in [5, 5.41) is 4.90. The minimum atomic E-state index is -3.72. The Bertz CT molecular complexity index is 598. The van der Waals surface area contributed by atoms with Gasteiger partial charge in [0.05, 0.1) is 5.75 Å². The fourth-order valence-electron chi connectivity index (χ4n) is 2.18. The van der Waals surface area contributed by atoms with Crippen LogP contribution < -0.4 is 10.0 Å². The van der Waals surface area contributed by atoms with Crippen LogP contribution in [0.4, 0.5) is 14.5 Å². The molecule has 0 radical (unpaired) electrons. The van der Waals surface area contributed by atoms with Gasteiger partial charge in [0, 0.05) is 18.9 Å². The van der Waals surface area contributed by atoms with Gasteiger partial charge in [-0.1, -0.05) is 6.07 Å². The van der Waals surface area contributed by atoms with E-state index in [1.807, 2.05) is 0 Å². The number of hydrogen-bond donors (Lipinski definition) is 1. The maximum absolute atomic E-state index is 13.6. The van der Waals surface area contributed by atoms with Crippen molar-refractivity contribution in [1.29, 1.82) is 0 Å². The quantitative estimate of drug-likeness (QED) is 0.885. The maximum atomic E-state index is 13.6. The molecule has 0 aliphatic carbocycles. The van der Waals surface area contributed by atoms with Crippen molar-refractivity contribution in [1.82, 2.24) is 0 Å². The van der Waals surface area contributed by atoms with Crippen LogP contribution in [0.1, 0.15) is 6.42 Å². The largest absolute Gasteiger partial charge is 0.307 e. The number of benzene rings is 1. The smallest absolute Gasteiger partial charge is 0.227 e. The number of carbonyl (C=O) groups excluding carboxylic acids is 1. The van der Waals surface area contributed by atoms with Gasteiger partial charge in [0.25, 0.3) is 0 Å². The summed E-state index contributed by atoms with van der Waals surface area (Å²) in [5.74, 6) is -3.17. The van der Waals surface area contributed by atoms with Crippen LogP contribution in [0.3, 0.4) is 0 Å². The van der Waals surface area contributed by atoms with Gasteiger partial charge in [-0.05, 0) is 12.1 Å². The highest BCUT2D eigenvalue weighted by Gasteiger charge is 2.35. The molecule has 0 saturated carbocycles. The van der Waals surface area contributed by atoms with Gasteiger partial charge in [-0.25, -0.2) is 22.3 Å². The topological polar surface area (TPSA) is 80.5 Å². The summed E-state index contributed by atoms with van der Waals surface area (Å²) in [7, 11) is -3.72. The molecule has 1 fully saturated rings. The Morgan fingerprint density at radius 2 is 1.89 bits per heavy atom. The van der Waals surface area contributed by atoms with E-state index in [9.17, 15) is 22.0 Å². The number of rotatable bonds is 3. The molecule has 2 N–H and O–H groups in total. The molecular formula is C11H12F2N2O3S. The van der Waals surface area contributed by atoms with Gasteiger partial charge < -0.3 is 4.90 Å². The van der Waals surface area contributed by atoms with E-state index in [2.05, 4.69) is 0 Å². The molecule has 19 heavy (non-hydrogen) atoms. The van der Waals surface area contributed by atoms with Gasteiger partial charge in [-0.3, -0.25) is 4.79 Å². The predicted molar refractivity (Wildman–Crippen MR) is 64.8 cm³/mol. The fraction of sp³-hybridized carbons (Fsp3) is 0.364. The van der Waals surface area contributed by atoms with Crippen molar-refractivity contribution in [3.8, 4) is 0 Å². The van der Waals surface area contributed by atoms with E-state index in [0.29, 0.717) is 0 Å². The molecule has 8 heteroatoms. The zero-order valence-corrected chi connectivity index (χ0v) is 10.7. The van der Waals surface area contributed by atoms with Gasteiger partial charge in [-0.15, -0.1) is 0 Å². The third kappa shape index (κ3) is 3.07. The molecule has 1 saturated heterocycles. The molecule has 0 spiro atoms. The van der Waals surface area contributed by atoms with Gasteiger partial charge in [0.2, 0.25) is 15.9 Å². The van der Waals surface area contributed by atoms with Crippen molar-refractivity contribution < 1.29 is 22.0 Å². The molecule has 0 aromatic heterocycles. The van der Waals surface area contributed by atoms with Crippen LogP contribution in [-0.2, 0) is 14.8 Å². The zero-order valence-electron chi connectivity index (χ0n) is 9.84. The van der Waals surface area contributed by atoms with Crippen molar-refractivity contribution in [2.24, 2.45) is 11.1 Å². The van der Waals surface area contributed by atoms with Crippen LogP contribution in [-0.4, -0.2) is 26.6 Å². The molecule has 1 aromatic rings. The van der Waals surface area contributed by atoms with Crippen LogP contribution in [0.15, 0.2) is 18.2 Å². The fourth-order valence-corrected chi connectivity index (χ4v) is 3.07. The molecular weight excluding hydrogens is 278 g/mol. The van der Waals surface area contributed by atoms with E-state index in [0.717, 1.165) is 17.0 Å². The van der Waals surface area contributed by atoms with E-state index >= 15 is 0 Å². The highest BCUT2D eigenvalue weighted by atomic mass is 32.2. The highest BCUT2D eigenvalue weighted by Crippen LogP contribution is 2.30. The molecule has 1 atom stereocenters. The summed E-state index contributed by atoms with van der Waals surface area (Å²) >= 11 is 0. The lowest BCUT2D eigenvalue weighted by Crippen LogP contribution is -2.28. The minimum absolute atomic E-state index is 0.0624. The third-order valence-corrected chi connectivity index (χ3v) is 3.82. The molecule has 2 rings (SSSR count). The maximum Gasteiger partial charge on any atom is 0.227 e. The van der Waals surface area contributed by atoms with Crippen LogP contribution in [0.25, 0.3) is 0 Å². The number of hydrogen-bond acceptors (Lipinski definition) is 3. The van der Waals surface area contributed by atoms with E-state index in [-0.39, 0.29) is 18.7 Å². The summed E-state index contributed by atoms with van der Waals surface area (Å²) < 4.78 is 49.1. The second-order valence-corrected chi connectivity index (χ2v) is 6.13. The normalized spacial score (nSPS) is 20.1. The highest BCUT2D eigenvalue weighted by molar-refractivity contribution is 7.89. The van der Waals surface area contributed by atoms with Crippen LogP contribution in [0.2, 0.25) is 0 Å². The van der Waals surface area contributed by atoms with Gasteiger partial charge in [0.15, 0.2) is 0 Å². The number of nitrogens with two attached hydrogens (primary N) is 1. The molecule has 1 heterocycles. The Morgan fingerprint density at radius 3 is 2.42 bits per heavy atom. The number of nitrogens with zero attached hydrogens (tertiary/aromatic N) is 1. The molecule has 1 unspecified atom stereocenters. The van der Waals surface area contributed by atoms with Crippen molar-refractivity contribution in [2.75, 3.05) is 17.2 Å². The van der Waals surface area contributed by atoms with E-state index < -0.39 is 39.2 Å². The van der Waals surface area contributed by atoms with Crippen LogP contribution in [0.5, 0.6) is 0 Å². The van der Waals surface area contributed by atoms with E-state index in [1.165, 1.54) is 6.07 Å². The Kier molecular flexibility index (Phi) is 3.55. The summed E-state index contributed by atoms with van der Waals surface area (Å²) in [6.07, 6.45) is -0.0931. The molecule has 104 valence electrons.